The molecule has 0 atom stereocenters. The van der Waals surface area contributed by atoms with Crippen molar-refractivity contribution >= 4 is 17.6 Å². The van der Waals surface area contributed by atoms with Crippen LogP contribution >= 0.6 is 11.6 Å². The first-order valence-corrected chi connectivity index (χ1v) is 7.23. The minimum absolute atomic E-state index is 0.0721. The zero-order chi connectivity index (χ0) is 18.2. The molecule has 1 heterocycles. The molecule has 0 N–H and O–H groups in total. The third-order valence-corrected chi connectivity index (χ3v) is 3.67. The molecule has 0 spiro atoms. The second kappa shape index (κ2) is 6.43. The van der Waals surface area contributed by atoms with Gasteiger partial charge >= 0.3 is 12.1 Å². The summed E-state index contributed by atoms with van der Waals surface area (Å²) in [5.74, 6) is -1.68. The van der Waals surface area contributed by atoms with Gasteiger partial charge in [0.05, 0.1) is 22.9 Å². The molecule has 0 saturated carbocycles. The fourth-order valence-corrected chi connectivity index (χ4v) is 2.61. The molecule has 0 saturated heterocycles. The number of ether oxygens (including phenoxy) is 1. The number of esters is 1. The number of alkyl halides is 3. The molecule has 1 aromatic carbocycles. The van der Waals surface area contributed by atoms with Crippen molar-refractivity contribution in [2.75, 3.05) is 6.61 Å². The molecule has 0 bridgehead atoms. The summed E-state index contributed by atoms with van der Waals surface area (Å²) in [6.07, 6.45) is -4.64. The SMILES string of the molecule is CCOC(=O)c1cc(-c2nn(C)c(C(F)(F)F)c2C)c(F)cc1Cl. The summed E-state index contributed by atoms with van der Waals surface area (Å²) in [5.41, 5.74) is -1.87. The van der Waals surface area contributed by atoms with Gasteiger partial charge in [-0.05, 0) is 26.0 Å². The maximum absolute atomic E-state index is 14.2. The van der Waals surface area contributed by atoms with Crippen molar-refractivity contribution in [3.8, 4) is 11.3 Å². The molecule has 0 aliphatic carbocycles. The molecule has 0 unspecified atom stereocenters. The van der Waals surface area contributed by atoms with E-state index in [1.54, 1.807) is 6.92 Å². The van der Waals surface area contributed by atoms with Crippen LogP contribution in [0.2, 0.25) is 5.02 Å². The highest BCUT2D eigenvalue weighted by Gasteiger charge is 2.38. The van der Waals surface area contributed by atoms with Gasteiger partial charge in [-0.15, -0.1) is 0 Å². The van der Waals surface area contributed by atoms with Crippen LogP contribution in [0.4, 0.5) is 17.6 Å². The van der Waals surface area contributed by atoms with Gasteiger partial charge in [0, 0.05) is 18.2 Å². The minimum atomic E-state index is -4.64. The van der Waals surface area contributed by atoms with Gasteiger partial charge in [0.25, 0.3) is 0 Å². The third kappa shape index (κ3) is 3.24. The molecule has 9 heteroatoms. The molecule has 0 radical (unpaired) electrons. The molecular formula is C15H13ClF4N2O2. The van der Waals surface area contributed by atoms with E-state index in [0.29, 0.717) is 4.68 Å². The van der Waals surface area contributed by atoms with Gasteiger partial charge in [-0.25, -0.2) is 9.18 Å². The van der Waals surface area contributed by atoms with Crippen LogP contribution < -0.4 is 0 Å². The van der Waals surface area contributed by atoms with E-state index in [2.05, 4.69) is 5.10 Å². The van der Waals surface area contributed by atoms with Crippen molar-refractivity contribution in [2.45, 2.75) is 20.0 Å². The van der Waals surface area contributed by atoms with Crippen molar-refractivity contribution in [2.24, 2.45) is 7.05 Å². The molecule has 2 rings (SSSR count). The van der Waals surface area contributed by atoms with Gasteiger partial charge in [-0.3, -0.25) is 4.68 Å². The fourth-order valence-electron chi connectivity index (χ4n) is 2.38. The van der Waals surface area contributed by atoms with E-state index in [4.69, 9.17) is 16.3 Å². The second-order valence-corrected chi connectivity index (χ2v) is 5.38. The lowest BCUT2D eigenvalue weighted by Crippen LogP contribution is -2.13. The normalized spacial score (nSPS) is 11.7. The average molecular weight is 365 g/mol. The molecule has 4 nitrogen and oxygen atoms in total. The largest absolute Gasteiger partial charge is 0.462 e. The molecule has 24 heavy (non-hydrogen) atoms. The third-order valence-electron chi connectivity index (χ3n) is 3.36. The molecule has 0 amide bonds. The summed E-state index contributed by atoms with van der Waals surface area (Å²) < 4.78 is 58.8. The van der Waals surface area contributed by atoms with Gasteiger partial charge in [0.15, 0.2) is 0 Å². The lowest BCUT2D eigenvalue weighted by atomic mass is 10.0. The predicted molar refractivity (Wildman–Crippen MR) is 79.3 cm³/mol. The predicted octanol–water partition coefficient (Wildman–Crippen LogP) is 4.38. The van der Waals surface area contributed by atoms with Crippen molar-refractivity contribution in [3.05, 3.63) is 39.8 Å². The Hall–Kier alpha value is -2.09. The molecular weight excluding hydrogens is 352 g/mol. The number of carbonyl (C=O) groups excluding carboxylic acids is 1. The van der Waals surface area contributed by atoms with E-state index in [1.807, 2.05) is 0 Å². The summed E-state index contributed by atoms with van der Waals surface area (Å²) in [5, 5.41) is 3.55. The smallest absolute Gasteiger partial charge is 0.433 e. The Morgan fingerprint density at radius 2 is 2.00 bits per heavy atom. The molecule has 1 aromatic heterocycles. The number of aryl methyl sites for hydroxylation is 1. The van der Waals surface area contributed by atoms with E-state index in [-0.39, 0.29) is 34.0 Å². The van der Waals surface area contributed by atoms with Crippen LogP contribution in [0.1, 0.15) is 28.5 Å². The number of aromatic nitrogens is 2. The van der Waals surface area contributed by atoms with Crippen LogP contribution in [-0.2, 0) is 18.0 Å². The van der Waals surface area contributed by atoms with Crippen LogP contribution in [0.5, 0.6) is 0 Å². The van der Waals surface area contributed by atoms with Crippen molar-refractivity contribution in [3.63, 3.8) is 0 Å². The van der Waals surface area contributed by atoms with Crippen molar-refractivity contribution in [1.82, 2.24) is 9.78 Å². The number of hydrogen-bond donors (Lipinski definition) is 0. The Balaban J connectivity index is 2.66. The average Bonchev–Trinajstić information content (AvgIpc) is 2.73. The van der Waals surface area contributed by atoms with E-state index in [9.17, 15) is 22.4 Å². The van der Waals surface area contributed by atoms with Crippen LogP contribution in [0.3, 0.4) is 0 Å². The van der Waals surface area contributed by atoms with E-state index in [0.717, 1.165) is 19.2 Å². The van der Waals surface area contributed by atoms with E-state index in [1.165, 1.54) is 6.92 Å². The minimum Gasteiger partial charge on any atom is -0.462 e. The summed E-state index contributed by atoms with van der Waals surface area (Å²) in [4.78, 5) is 11.8. The highest BCUT2D eigenvalue weighted by Crippen LogP contribution is 2.37. The highest BCUT2D eigenvalue weighted by atomic mass is 35.5. The maximum atomic E-state index is 14.2. The topological polar surface area (TPSA) is 44.1 Å². The standard InChI is InChI=1S/C15H13ClF4N2O2/c1-4-24-14(23)8-5-9(11(17)6-10(8)16)12-7(2)13(15(18,19)20)22(3)21-12/h5-6H,4H2,1-3H3. The maximum Gasteiger partial charge on any atom is 0.433 e. The lowest BCUT2D eigenvalue weighted by Gasteiger charge is -2.09. The molecule has 0 fully saturated rings. The number of nitrogens with zero attached hydrogens (tertiary/aromatic N) is 2. The summed E-state index contributed by atoms with van der Waals surface area (Å²) in [6.45, 7) is 2.83. The number of halogens is 5. The highest BCUT2D eigenvalue weighted by molar-refractivity contribution is 6.33. The van der Waals surface area contributed by atoms with E-state index < -0.39 is 23.7 Å². The van der Waals surface area contributed by atoms with Gasteiger partial charge in [0.2, 0.25) is 0 Å². The Morgan fingerprint density at radius 1 is 1.38 bits per heavy atom. The summed E-state index contributed by atoms with van der Waals surface area (Å²) in [6, 6.07) is 1.90. The van der Waals surface area contributed by atoms with Crippen molar-refractivity contribution in [1.29, 1.82) is 0 Å². The Labute approximate surface area is 140 Å². The fraction of sp³-hybridized carbons (Fsp3) is 0.333. The molecule has 2 aromatic rings. The van der Waals surface area contributed by atoms with Gasteiger partial charge in [-0.2, -0.15) is 18.3 Å². The van der Waals surface area contributed by atoms with Crippen LogP contribution in [-0.4, -0.2) is 22.4 Å². The number of benzene rings is 1. The summed E-state index contributed by atoms with van der Waals surface area (Å²) >= 11 is 5.82. The number of rotatable bonds is 3. The zero-order valence-corrected chi connectivity index (χ0v) is 13.7. The van der Waals surface area contributed by atoms with E-state index >= 15 is 0 Å². The first-order chi connectivity index (χ1) is 11.1. The lowest BCUT2D eigenvalue weighted by molar-refractivity contribution is -0.144. The number of hydrogen-bond acceptors (Lipinski definition) is 3. The molecule has 130 valence electrons. The van der Waals surface area contributed by atoms with Crippen LogP contribution in [0.25, 0.3) is 11.3 Å². The molecule has 0 aliphatic heterocycles. The van der Waals surface area contributed by atoms with Gasteiger partial charge in [0.1, 0.15) is 11.5 Å². The number of carbonyl (C=O) groups is 1. The van der Waals surface area contributed by atoms with Gasteiger partial charge in [-0.1, -0.05) is 11.6 Å². The van der Waals surface area contributed by atoms with Crippen LogP contribution in [0, 0.1) is 12.7 Å². The quantitative estimate of drug-likeness (QED) is 0.599. The first-order valence-electron chi connectivity index (χ1n) is 6.85. The first kappa shape index (κ1) is 18.3. The van der Waals surface area contributed by atoms with Crippen molar-refractivity contribution < 1.29 is 27.1 Å². The monoisotopic (exact) mass is 364 g/mol. The Bertz CT molecular complexity index is 800. The van der Waals surface area contributed by atoms with Gasteiger partial charge < -0.3 is 4.74 Å². The second-order valence-electron chi connectivity index (χ2n) is 4.98. The zero-order valence-electron chi connectivity index (χ0n) is 13.0. The Morgan fingerprint density at radius 3 is 2.50 bits per heavy atom. The summed E-state index contributed by atoms with van der Waals surface area (Å²) in [7, 11) is 1.11. The molecule has 0 aliphatic rings. The van der Waals surface area contributed by atoms with Crippen LogP contribution in [0.15, 0.2) is 12.1 Å². The Kier molecular flexibility index (Phi) is 4.89.